The molecule has 2 saturated heterocycles. The molecule has 0 aromatic heterocycles. The summed E-state index contributed by atoms with van der Waals surface area (Å²) in [7, 11) is 2.21. The van der Waals surface area contributed by atoms with Crippen molar-refractivity contribution in [2.45, 2.75) is 44.9 Å². The van der Waals surface area contributed by atoms with Crippen molar-refractivity contribution in [3.8, 4) is 0 Å². The summed E-state index contributed by atoms with van der Waals surface area (Å²) in [6, 6.07) is 0. The van der Waals surface area contributed by atoms with E-state index in [-0.39, 0.29) is 0 Å². The Hall–Kier alpha value is -0.570. The van der Waals surface area contributed by atoms with E-state index in [0.29, 0.717) is 17.2 Å². The molecule has 3 rings (SSSR count). The van der Waals surface area contributed by atoms with Crippen LogP contribution in [-0.4, -0.2) is 48.9 Å². The number of likely N-dealkylation sites (tertiary alicyclic amines) is 2. The summed E-state index contributed by atoms with van der Waals surface area (Å²) >= 11 is 0. The molecule has 1 saturated carbocycles. The Kier molecular flexibility index (Phi) is 3.35. The number of hydrogen-bond acceptors (Lipinski definition) is 2. The Bertz CT molecular complexity index is 324. The van der Waals surface area contributed by atoms with Crippen LogP contribution in [0.25, 0.3) is 0 Å². The SMILES string of the molecule is CN1CC[C@@]2(CCN(C(=O)C3CCCCC3)C2)C1. The van der Waals surface area contributed by atoms with Crippen molar-refractivity contribution in [3.05, 3.63) is 0 Å². The van der Waals surface area contributed by atoms with Gasteiger partial charge in [-0.1, -0.05) is 19.3 Å². The van der Waals surface area contributed by atoms with E-state index in [1.54, 1.807) is 0 Å². The van der Waals surface area contributed by atoms with Crippen LogP contribution >= 0.6 is 0 Å². The van der Waals surface area contributed by atoms with Gasteiger partial charge in [-0.3, -0.25) is 4.79 Å². The van der Waals surface area contributed by atoms with Crippen molar-refractivity contribution in [3.63, 3.8) is 0 Å². The minimum atomic E-state index is 0.355. The van der Waals surface area contributed by atoms with Crippen LogP contribution in [0.4, 0.5) is 0 Å². The number of carbonyl (C=O) groups is 1. The molecule has 0 aromatic carbocycles. The van der Waals surface area contributed by atoms with E-state index in [1.807, 2.05) is 0 Å². The van der Waals surface area contributed by atoms with Crippen molar-refractivity contribution in [1.82, 2.24) is 9.80 Å². The molecule has 0 unspecified atom stereocenters. The lowest BCUT2D eigenvalue weighted by Crippen LogP contribution is -2.37. The first-order chi connectivity index (χ1) is 8.69. The van der Waals surface area contributed by atoms with Crippen molar-refractivity contribution >= 4 is 5.91 Å². The van der Waals surface area contributed by atoms with E-state index < -0.39 is 0 Å². The zero-order valence-corrected chi connectivity index (χ0v) is 11.7. The molecule has 1 atom stereocenters. The lowest BCUT2D eigenvalue weighted by molar-refractivity contribution is -0.135. The molecule has 2 heterocycles. The highest BCUT2D eigenvalue weighted by molar-refractivity contribution is 5.79. The summed E-state index contributed by atoms with van der Waals surface area (Å²) < 4.78 is 0. The zero-order chi connectivity index (χ0) is 12.6. The van der Waals surface area contributed by atoms with E-state index in [0.717, 1.165) is 25.9 Å². The summed E-state index contributed by atoms with van der Waals surface area (Å²) in [4.78, 5) is 17.1. The monoisotopic (exact) mass is 250 g/mol. The molecule has 3 fully saturated rings. The molecule has 3 aliphatic rings. The molecule has 0 aromatic rings. The second-order valence-corrected chi connectivity index (χ2v) is 6.83. The second-order valence-electron chi connectivity index (χ2n) is 6.83. The predicted molar refractivity (Wildman–Crippen MR) is 72.3 cm³/mol. The lowest BCUT2D eigenvalue weighted by Gasteiger charge is -2.28. The van der Waals surface area contributed by atoms with Crippen LogP contribution in [0, 0.1) is 11.3 Å². The van der Waals surface area contributed by atoms with Gasteiger partial charge < -0.3 is 9.80 Å². The molecule has 0 radical (unpaired) electrons. The third-order valence-corrected chi connectivity index (χ3v) is 5.33. The van der Waals surface area contributed by atoms with Gasteiger partial charge in [-0.2, -0.15) is 0 Å². The van der Waals surface area contributed by atoms with Crippen molar-refractivity contribution < 1.29 is 4.79 Å². The van der Waals surface area contributed by atoms with Gasteiger partial charge in [0.2, 0.25) is 5.91 Å². The molecule has 1 spiro atoms. The van der Waals surface area contributed by atoms with Crippen LogP contribution in [-0.2, 0) is 4.79 Å². The van der Waals surface area contributed by atoms with E-state index in [4.69, 9.17) is 0 Å². The second kappa shape index (κ2) is 4.84. The first kappa shape index (κ1) is 12.5. The fourth-order valence-corrected chi connectivity index (χ4v) is 4.22. The minimum Gasteiger partial charge on any atom is -0.342 e. The highest BCUT2D eigenvalue weighted by Gasteiger charge is 2.44. The summed E-state index contributed by atoms with van der Waals surface area (Å²) in [5, 5.41) is 0. The number of nitrogens with zero attached hydrogens (tertiary/aromatic N) is 2. The van der Waals surface area contributed by atoms with Gasteiger partial charge in [0.25, 0.3) is 0 Å². The molecule has 1 aliphatic carbocycles. The predicted octanol–water partition coefficient (Wildman–Crippen LogP) is 2.12. The topological polar surface area (TPSA) is 23.6 Å². The lowest BCUT2D eigenvalue weighted by atomic mass is 9.86. The Morgan fingerprint density at radius 3 is 2.44 bits per heavy atom. The minimum absolute atomic E-state index is 0.355. The van der Waals surface area contributed by atoms with Crippen molar-refractivity contribution in [2.75, 3.05) is 33.2 Å². The van der Waals surface area contributed by atoms with Crippen LogP contribution in [0.3, 0.4) is 0 Å². The average Bonchev–Trinajstić information content (AvgIpc) is 2.97. The summed E-state index contributed by atoms with van der Waals surface area (Å²) in [6.45, 7) is 4.46. The zero-order valence-electron chi connectivity index (χ0n) is 11.7. The van der Waals surface area contributed by atoms with Crippen LogP contribution in [0.15, 0.2) is 0 Å². The fraction of sp³-hybridized carbons (Fsp3) is 0.933. The maximum absolute atomic E-state index is 12.5. The van der Waals surface area contributed by atoms with Gasteiger partial charge in [0.05, 0.1) is 0 Å². The Balaban J connectivity index is 1.59. The first-order valence-corrected chi connectivity index (χ1v) is 7.66. The van der Waals surface area contributed by atoms with Gasteiger partial charge in [-0.05, 0) is 39.3 Å². The molecular formula is C15H26N2O. The Morgan fingerprint density at radius 2 is 1.78 bits per heavy atom. The van der Waals surface area contributed by atoms with E-state index >= 15 is 0 Å². The van der Waals surface area contributed by atoms with Crippen LogP contribution < -0.4 is 0 Å². The normalized spacial score (nSPS) is 34.6. The Morgan fingerprint density at radius 1 is 1.06 bits per heavy atom. The van der Waals surface area contributed by atoms with Gasteiger partial charge in [0.15, 0.2) is 0 Å². The van der Waals surface area contributed by atoms with Gasteiger partial charge in [-0.25, -0.2) is 0 Å². The Labute approximate surface area is 111 Å². The maximum atomic E-state index is 12.5. The van der Waals surface area contributed by atoms with E-state index in [9.17, 15) is 4.79 Å². The number of amides is 1. The largest absolute Gasteiger partial charge is 0.342 e. The van der Waals surface area contributed by atoms with Gasteiger partial charge in [0.1, 0.15) is 0 Å². The molecule has 18 heavy (non-hydrogen) atoms. The van der Waals surface area contributed by atoms with Gasteiger partial charge >= 0.3 is 0 Å². The molecule has 0 N–H and O–H groups in total. The van der Waals surface area contributed by atoms with Gasteiger partial charge in [0, 0.05) is 31.0 Å². The fourth-order valence-electron chi connectivity index (χ4n) is 4.22. The molecule has 1 amide bonds. The first-order valence-electron chi connectivity index (χ1n) is 7.66. The standard InChI is InChI=1S/C15H26N2O/c1-16-9-7-15(11-16)8-10-17(12-15)14(18)13-5-3-2-4-6-13/h13H,2-12H2,1H3/t15-/m1/s1. The van der Waals surface area contributed by atoms with E-state index in [1.165, 1.54) is 45.2 Å². The molecular weight excluding hydrogens is 224 g/mol. The number of rotatable bonds is 1. The van der Waals surface area contributed by atoms with Crippen LogP contribution in [0.1, 0.15) is 44.9 Å². The number of carbonyl (C=O) groups excluding carboxylic acids is 1. The summed E-state index contributed by atoms with van der Waals surface area (Å²) in [5.74, 6) is 0.828. The molecule has 102 valence electrons. The smallest absolute Gasteiger partial charge is 0.225 e. The highest BCUT2D eigenvalue weighted by Crippen LogP contribution is 2.40. The van der Waals surface area contributed by atoms with Crippen LogP contribution in [0.2, 0.25) is 0 Å². The quantitative estimate of drug-likeness (QED) is 0.712. The third-order valence-electron chi connectivity index (χ3n) is 5.33. The van der Waals surface area contributed by atoms with Crippen molar-refractivity contribution in [1.29, 1.82) is 0 Å². The average molecular weight is 250 g/mol. The third kappa shape index (κ3) is 2.29. The van der Waals surface area contributed by atoms with E-state index in [2.05, 4.69) is 16.8 Å². The molecule has 2 aliphatic heterocycles. The molecule has 0 bridgehead atoms. The number of hydrogen-bond donors (Lipinski definition) is 0. The van der Waals surface area contributed by atoms with Crippen LogP contribution in [0.5, 0.6) is 0 Å². The molecule has 3 heteroatoms. The van der Waals surface area contributed by atoms with Crippen molar-refractivity contribution in [2.24, 2.45) is 11.3 Å². The van der Waals surface area contributed by atoms with Gasteiger partial charge in [-0.15, -0.1) is 0 Å². The molecule has 3 nitrogen and oxygen atoms in total. The summed E-state index contributed by atoms with van der Waals surface area (Å²) in [6.07, 6.45) is 8.66. The maximum Gasteiger partial charge on any atom is 0.225 e. The summed E-state index contributed by atoms with van der Waals surface area (Å²) in [5.41, 5.74) is 0.444. The highest BCUT2D eigenvalue weighted by atomic mass is 16.2.